The highest BCUT2D eigenvalue weighted by atomic mass is 16.5. The standard InChI is InChI=1S/C24H26N4O4/c1-16(29)28-15-21(20-6-4-5-7-22(20)28)23(30)25-18-12-17(24(31)32-3)13-19(14-18)27-10-8-26(2)9-11-27/h4-7,12-15H,8-11H2,1-3H3,(H,25,30). The number of benzene rings is 2. The molecule has 2 aromatic carbocycles. The summed E-state index contributed by atoms with van der Waals surface area (Å²) in [5.74, 6) is -0.998. The van der Waals surface area contributed by atoms with Crippen molar-refractivity contribution in [3.05, 3.63) is 59.8 Å². The van der Waals surface area contributed by atoms with E-state index in [1.807, 2.05) is 24.3 Å². The van der Waals surface area contributed by atoms with Crippen LogP contribution in [0.2, 0.25) is 0 Å². The number of ether oxygens (including phenoxy) is 1. The minimum absolute atomic E-state index is 0.176. The van der Waals surface area contributed by atoms with Gasteiger partial charge in [0.2, 0.25) is 5.91 Å². The smallest absolute Gasteiger partial charge is 0.337 e. The van der Waals surface area contributed by atoms with Crippen LogP contribution in [0.15, 0.2) is 48.7 Å². The summed E-state index contributed by atoms with van der Waals surface area (Å²) in [7, 11) is 3.41. The zero-order valence-electron chi connectivity index (χ0n) is 18.4. The summed E-state index contributed by atoms with van der Waals surface area (Å²) >= 11 is 0. The third-order valence-electron chi connectivity index (χ3n) is 5.76. The van der Waals surface area contributed by atoms with Crippen LogP contribution in [0.25, 0.3) is 10.9 Å². The highest BCUT2D eigenvalue weighted by Gasteiger charge is 2.20. The molecule has 8 heteroatoms. The predicted octanol–water partition coefficient (Wildman–Crippen LogP) is 3.09. The Morgan fingerprint density at radius 2 is 1.72 bits per heavy atom. The van der Waals surface area contributed by atoms with Crippen LogP contribution in [-0.4, -0.2) is 67.6 Å². The number of para-hydroxylation sites is 1. The number of carbonyl (C=O) groups excluding carboxylic acids is 3. The van der Waals surface area contributed by atoms with Gasteiger partial charge in [0.1, 0.15) is 0 Å². The first-order valence-corrected chi connectivity index (χ1v) is 10.5. The largest absolute Gasteiger partial charge is 0.465 e. The summed E-state index contributed by atoms with van der Waals surface area (Å²) in [6.07, 6.45) is 1.55. The summed E-state index contributed by atoms with van der Waals surface area (Å²) in [5.41, 5.74) is 2.77. The molecule has 0 spiro atoms. The number of aromatic nitrogens is 1. The van der Waals surface area contributed by atoms with Crippen LogP contribution in [-0.2, 0) is 4.74 Å². The van der Waals surface area contributed by atoms with Gasteiger partial charge in [-0.1, -0.05) is 18.2 Å². The summed E-state index contributed by atoms with van der Waals surface area (Å²) in [6.45, 7) is 4.92. The Morgan fingerprint density at radius 3 is 2.41 bits per heavy atom. The first-order valence-electron chi connectivity index (χ1n) is 10.5. The molecule has 1 aliphatic heterocycles. The third kappa shape index (κ3) is 4.22. The molecule has 1 saturated heterocycles. The predicted molar refractivity (Wildman–Crippen MR) is 124 cm³/mol. The number of fused-ring (bicyclic) bond motifs is 1. The molecule has 3 aromatic rings. The summed E-state index contributed by atoms with van der Waals surface area (Å²) < 4.78 is 6.37. The normalized spacial score (nSPS) is 14.4. The lowest BCUT2D eigenvalue weighted by Crippen LogP contribution is -2.44. The number of likely N-dealkylation sites (N-methyl/N-ethyl adjacent to an activating group) is 1. The molecular weight excluding hydrogens is 408 g/mol. The number of hydrogen-bond acceptors (Lipinski definition) is 6. The highest BCUT2D eigenvalue weighted by Crippen LogP contribution is 2.27. The molecule has 0 saturated carbocycles. The van der Waals surface area contributed by atoms with Crippen molar-refractivity contribution >= 4 is 40.1 Å². The maximum absolute atomic E-state index is 13.2. The number of rotatable bonds is 4. The molecule has 166 valence electrons. The van der Waals surface area contributed by atoms with Crippen LogP contribution < -0.4 is 10.2 Å². The third-order valence-corrected chi connectivity index (χ3v) is 5.76. The Labute approximate surface area is 186 Å². The van der Waals surface area contributed by atoms with Crippen molar-refractivity contribution in [1.82, 2.24) is 9.47 Å². The summed E-state index contributed by atoms with van der Waals surface area (Å²) in [5, 5.41) is 3.59. The van der Waals surface area contributed by atoms with E-state index in [0.717, 1.165) is 31.9 Å². The molecule has 1 aromatic heterocycles. The van der Waals surface area contributed by atoms with Crippen LogP contribution in [0, 0.1) is 0 Å². The van der Waals surface area contributed by atoms with E-state index >= 15 is 0 Å². The first-order chi connectivity index (χ1) is 15.4. The van der Waals surface area contributed by atoms with E-state index in [2.05, 4.69) is 22.2 Å². The second-order valence-electron chi connectivity index (χ2n) is 7.95. The second-order valence-corrected chi connectivity index (χ2v) is 7.95. The van der Waals surface area contributed by atoms with E-state index in [0.29, 0.717) is 27.7 Å². The van der Waals surface area contributed by atoms with Crippen molar-refractivity contribution in [3.63, 3.8) is 0 Å². The van der Waals surface area contributed by atoms with E-state index in [1.165, 1.54) is 18.6 Å². The molecule has 1 N–H and O–H groups in total. The Bertz CT molecular complexity index is 1190. The van der Waals surface area contributed by atoms with E-state index in [-0.39, 0.29) is 11.8 Å². The van der Waals surface area contributed by atoms with E-state index < -0.39 is 5.97 Å². The average molecular weight is 434 g/mol. The van der Waals surface area contributed by atoms with Gasteiger partial charge >= 0.3 is 5.97 Å². The quantitative estimate of drug-likeness (QED) is 0.636. The fourth-order valence-corrected chi connectivity index (χ4v) is 3.99. The Hall–Kier alpha value is -3.65. The fourth-order valence-electron chi connectivity index (χ4n) is 3.99. The molecule has 32 heavy (non-hydrogen) atoms. The van der Waals surface area contributed by atoms with Crippen molar-refractivity contribution in [1.29, 1.82) is 0 Å². The van der Waals surface area contributed by atoms with Gasteiger partial charge in [-0.15, -0.1) is 0 Å². The number of carbonyl (C=O) groups is 3. The van der Waals surface area contributed by atoms with Gasteiger partial charge in [-0.3, -0.25) is 14.2 Å². The Kier molecular flexibility index (Phi) is 5.96. The van der Waals surface area contributed by atoms with Crippen LogP contribution in [0.3, 0.4) is 0 Å². The van der Waals surface area contributed by atoms with Crippen LogP contribution in [0.5, 0.6) is 0 Å². The maximum atomic E-state index is 13.2. The van der Waals surface area contributed by atoms with Gasteiger partial charge in [-0.2, -0.15) is 0 Å². The number of esters is 1. The van der Waals surface area contributed by atoms with Crippen LogP contribution >= 0.6 is 0 Å². The van der Waals surface area contributed by atoms with Gasteiger partial charge in [-0.25, -0.2) is 4.79 Å². The first kappa shape index (κ1) is 21.6. The molecule has 1 aliphatic rings. The van der Waals surface area contributed by atoms with Crippen molar-refractivity contribution < 1.29 is 19.1 Å². The zero-order valence-corrected chi connectivity index (χ0v) is 18.4. The minimum Gasteiger partial charge on any atom is -0.465 e. The van der Waals surface area contributed by atoms with E-state index in [4.69, 9.17) is 4.74 Å². The maximum Gasteiger partial charge on any atom is 0.337 e. The molecule has 0 aliphatic carbocycles. The molecule has 0 unspecified atom stereocenters. The number of anilines is 2. The molecular formula is C24H26N4O4. The zero-order chi connectivity index (χ0) is 22.8. The van der Waals surface area contributed by atoms with Crippen molar-refractivity contribution in [2.45, 2.75) is 6.92 Å². The number of amides is 1. The molecule has 0 radical (unpaired) electrons. The summed E-state index contributed by atoms with van der Waals surface area (Å²) in [6, 6.07) is 12.5. The van der Waals surface area contributed by atoms with Gasteiger partial charge in [0.05, 0.1) is 23.8 Å². The molecule has 2 heterocycles. The van der Waals surface area contributed by atoms with Crippen LogP contribution in [0.4, 0.5) is 11.4 Å². The van der Waals surface area contributed by atoms with Gasteiger partial charge in [0.25, 0.3) is 5.91 Å². The van der Waals surface area contributed by atoms with E-state index in [1.54, 1.807) is 24.4 Å². The van der Waals surface area contributed by atoms with Gasteiger partial charge in [0.15, 0.2) is 0 Å². The number of nitrogens with zero attached hydrogens (tertiary/aromatic N) is 3. The number of piperazine rings is 1. The fraction of sp³-hybridized carbons (Fsp3) is 0.292. The molecule has 1 amide bonds. The lowest BCUT2D eigenvalue weighted by atomic mass is 10.1. The molecule has 0 bridgehead atoms. The molecule has 1 fully saturated rings. The SMILES string of the molecule is COC(=O)c1cc(NC(=O)c2cn(C(C)=O)c3ccccc23)cc(N2CCN(C)CC2)c1. The van der Waals surface area contributed by atoms with Crippen LogP contribution in [0.1, 0.15) is 32.4 Å². The number of methoxy groups -OCH3 is 1. The van der Waals surface area contributed by atoms with Gasteiger partial charge in [-0.05, 0) is 31.3 Å². The molecule has 0 atom stereocenters. The second kappa shape index (κ2) is 8.84. The number of nitrogens with one attached hydrogen (secondary N) is 1. The van der Waals surface area contributed by atoms with Crippen molar-refractivity contribution in [2.75, 3.05) is 50.6 Å². The monoisotopic (exact) mass is 434 g/mol. The van der Waals surface area contributed by atoms with Gasteiger partial charge < -0.3 is 19.9 Å². The topological polar surface area (TPSA) is 83.9 Å². The molecule has 8 nitrogen and oxygen atoms in total. The molecule has 4 rings (SSSR count). The lowest BCUT2D eigenvalue weighted by molar-refractivity contribution is 0.0600. The van der Waals surface area contributed by atoms with Gasteiger partial charge in [0, 0.05) is 56.1 Å². The Balaban J connectivity index is 1.68. The van der Waals surface area contributed by atoms with Crippen molar-refractivity contribution in [2.24, 2.45) is 0 Å². The highest BCUT2D eigenvalue weighted by molar-refractivity contribution is 6.14. The number of hydrogen-bond donors (Lipinski definition) is 1. The lowest BCUT2D eigenvalue weighted by Gasteiger charge is -2.34. The Morgan fingerprint density at radius 1 is 1.00 bits per heavy atom. The average Bonchev–Trinajstić information content (AvgIpc) is 3.19. The minimum atomic E-state index is -0.468. The van der Waals surface area contributed by atoms with E-state index in [9.17, 15) is 14.4 Å². The summed E-state index contributed by atoms with van der Waals surface area (Å²) in [4.78, 5) is 41.9. The van der Waals surface area contributed by atoms with Crippen molar-refractivity contribution in [3.8, 4) is 0 Å².